The van der Waals surface area contributed by atoms with Crippen molar-refractivity contribution in [2.24, 2.45) is 11.7 Å². The lowest BCUT2D eigenvalue weighted by atomic mass is 9.91. The molecule has 4 nitrogen and oxygen atoms in total. The molecule has 0 fully saturated rings. The molecule has 1 unspecified atom stereocenters. The van der Waals surface area contributed by atoms with Gasteiger partial charge in [-0.25, -0.2) is 0 Å². The number of aldehydes is 1. The van der Waals surface area contributed by atoms with Crippen LogP contribution in [0.3, 0.4) is 0 Å². The predicted molar refractivity (Wildman–Crippen MR) is 74.2 cm³/mol. The van der Waals surface area contributed by atoms with Gasteiger partial charge < -0.3 is 15.8 Å². The van der Waals surface area contributed by atoms with Crippen LogP contribution in [0.15, 0.2) is 0 Å². The Morgan fingerprint density at radius 1 is 1.28 bits per heavy atom. The standard InChI is InChI=1S/C14H28N2O2/c1-4-6-12(7-5-2)8-11(3)16-13(10-17)9-14(15)18/h10-13,16H,4-9H2,1-3H3,(H2,15,18)/t11?,13-/m1/s1. The van der Waals surface area contributed by atoms with Crippen molar-refractivity contribution < 1.29 is 9.59 Å². The van der Waals surface area contributed by atoms with Crippen molar-refractivity contribution in [2.45, 2.75) is 71.4 Å². The van der Waals surface area contributed by atoms with E-state index in [2.05, 4.69) is 26.1 Å². The molecule has 3 N–H and O–H groups in total. The molecule has 0 aliphatic rings. The molecule has 0 aliphatic heterocycles. The lowest BCUT2D eigenvalue weighted by Gasteiger charge is -2.23. The minimum atomic E-state index is -0.443. The molecule has 0 aliphatic carbocycles. The van der Waals surface area contributed by atoms with Gasteiger partial charge in [-0.1, -0.05) is 39.5 Å². The van der Waals surface area contributed by atoms with Gasteiger partial charge >= 0.3 is 0 Å². The topological polar surface area (TPSA) is 72.2 Å². The van der Waals surface area contributed by atoms with E-state index in [9.17, 15) is 9.59 Å². The summed E-state index contributed by atoms with van der Waals surface area (Å²) in [7, 11) is 0. The first-order chi connectivity index (χ1) is 8.53. The second-order valence-corrected chi connectivity index (χ2v) is 5.16. The van der Waals surface area contributed by atoms with Gasteiger partial charge in [-0.2, -0.15) is 0 Å². The quantitative estimate of drug-likeness (QED) is 0.555. The van der Waals surface area contributed by atoms with Crippen LogP contribution in [0.1, 0.15) is 59.3 Å². The van der Waals surface area contributed by atoms with Gasteiger partial charge in [-0.15, -0.1) is 0 Å². The van der Waals surface area contributed by atoms with Gasteiger partial charge in [0, 0.05) is 12.5 Å². The molecule has 0 bridgehead atoms. The van der Waals surface area contributed by atoms with Crippen LogP contribution in [-0.4, -0.2) is 24.3 Å². The Morgan fingerprint density at radius 2 is 1.83 bits per heavy atom. The number of carbonyl (C=O) groups is 2. The van der Waals surface area contributed by atoms with Crippen LogP contribution in [-0.2, 0) is 9.59 Å². The Morgan fingerprint density at radius 3 is 2.22 bits per heavy atom. The van der Waals surface area contributed by atoms with Crippen molar-refractivity contribution in [3.05, 3.63) is 0 Å². The smallest absolute Gasteiger partial charge is 0.219 e. The van der Waals surface area contributed by atoms with Gasteiger partial charge in [0.25, 0.3) is 0 Å². The van der Waals surface area contributed by atoms with Gasteiger partial charge in [0.2, 0.25) is 5.91 Å². The number of nitrogens with one attached hydrogen (secondary N) is 1. The molecule has 0 heterocycles. The maximum Gasteiger partial charge on any atom is 0.219 e. The molecular weight excluding hydrogens is 228 g/mol. The number of primary amides is 1. The number of hydrogen-bond acceptors (Lipinski definition) is 3. The first-order valence-electron chi connectivity index (χ1n) is 7.03. The molecular formula is C14H28N2O2. The molecule has 0 aromatic carbocycles. The Hall–Kier alpha value is -0.900. The third kappa shape index (κ3) is 8.23. The minimum Gasteiger partial charge on any atom is -0.370 e. The summed E-state index contributed by atoms with van der Waals surface area (Å²) in [6.45, 7) is 6.46. The van der Waals surface area contributed by atoms with Gasteiger partial charge in [0.05, 0.1) is 6.04 Å². The monoisotopic (exact) mass is 256 g/mol. The van der Waals surface area contributed by atoms with Crippen LogP contribution in [0, 0.1) is 5.92 Å². The van der Waals surface area contributed by atoms with Gasteiger partial charge in [-0.3, -0.25) is 4.79 Å². The molecule has 18 heavy (non-hydrogen) atoms. The Bertz CT molecular complexity index is 238. The van der Waals surface area contributed by atoms with Crippen LogP contribution in [0.2, 0.25) is 0 Å². The van der Waals surface area contributed by atoms with Gasteiger partial charge in [0.1, 0.15) is 6.29 Å². The lowest BCUT2D eigenvalue weighted by molar-refractivity contribution is -0.121. The molecule has 0 radical (unpaired) electrons. The zero-order valence-corrected chi connectivity index (χ0v) is 11.9. The number of nitrogens with two attached hydrogens (primary N) is 1. The fraction of sp³-hybridized carbons (Fsp3) is 0.857. The fourth-order valence-corrected chi connectivity index (χ4v) is 2.49. The van der Waals surface area contributed by atoms with Crippen LogP contribution >= 0.6 is 0 Å². The van der Waals surface area contributed by atoms with Crippen molar-refractivity contribution in [1.29, 1.82) is 0 Å². The van der Waals surface area contributed by atoms with Gasteiger partial charge in [0.15, 0.2) is 0 Å². The second-order valence-electron chi connectivity index (χ2n) is 5.16. The SMILES string of the molecule is CCCC(CCC)CC(C)N[C@@H](C=O)CC(N)=O. The van der Waals surface area contributed by atoms with E-state index in [4.69, 9.17) is 5.73 Å². The summed E-state index contributed by atoms with van der Waals surface area (Å²) >= 11 is 0. The highest BCUT2D eigenvalue weighted by atomic mass is 16.1. The predicted octanol–water partition coefficient (Wildman–Crippen LogP) is 2.01. The third-order valence-electron chi connectivity index (χ3n) is 3.16. The fourth-order valence-electron chi connectivity index (χ4n) is 2.49. The summed E-state index contributed by atoms with van der Waals surface area (Å²) in [5.74, 6) is 0.258. The molecule has 0 rings (SSSR count). The van der Waals surface area contributed by atoms with Crippen LogP contribution < -0.4 is 11.1 Å². The summed E-state index contributed by atoms with van der Waals surface area (Å²) in [6.07, 6.45) is 6.73. The van der Waals surface area contributed by atoms with Crippen molar-refractivity contribution >= 4 is 12.2 Å². The molecule has 0 saturated heterocycles. The zero-order chi connectivity index (χ0) is 14.0. The maximum absolute atomic E-state index is 10.8. The molecule has 1 amide bonds. The molecule has 0 aromatic rings. The first-order valence-corrected chi connectivity index (χ1v) is 7.03. The first kappa shape index (κ1) is 17.1. The van der Waals surface area contributed by atoms with Crippen molar-refractivity contribution in [3.63, 3.8) is 0 Å². The normalized spacial score (nSPS) is 14.4. The van der Waals surface area contributed by atoms with E-state index in [1.807, 2.05) is 0 Å². The third-order valence-corrected chi connectivity index (χ3v) is 3.16. The lowest BCUT2D eigenvalue weighted by Crippen LogP contribution is -2.41. The Labute approximate surface area is 111 Å². The van der Waals surface area contributed by atoms with Crippen molar-refractivity contribution in [3.8, 4) is 0 Å². The van der Waals surface area contributed by atoms with E-state index in [0.29, 0.717) is 5.92 Å². The second kappa shape index (κ2) is 10.1. The number of amides is 1. The number of rotatable bonds is 11. The van der Waals surface area contributed by atoms with Crippen LogP contribution in [0.5, 0.6) is 0 Å². The summed E-state index contributed by atoms with van der Waals surface area (Å²) in [4.78, 5) is 21.6. The summed E-state index contributed by atoms with van der Waals surface area (Å²) in [5, 5.41) is 3.18. The molecule has 4 heteroatoms. The summed E-state index contributed by atoms with van der Waals surface area (Å²) in [5.41, 5.74) is 5.10. The van der Waals surface area contributed by atoms with E-state index in [-0.39, 0.29) is 12.5 Å². The highest BCUT2D eigenvalue weighted by Gasteiger charge is 2.16. The van der Waals surface area contributed by atoms with E-state index < -0.39 is 11.9 Å². The number of carbonyl (C=O) groups excluding carboxylic acids is 2. The Kier molecular flexibility index (Phi) is 9.56. The van der Waals surface area contributed by atoms with Crippen LogP contribution in [0.25, 0.3) is 0 Å². The average molecular weight is 256 g/mol. The van der Waals surface area contributed by atoms with E-state index in [1.54, 1.807) is 0 Å². The van der Waals surface area contributed by atoms with Crippen molar-refractivity contribution in [1.82, 2.24) is 5.32 Å². The average Bonchev–Trinajstić information content (AvgIpc) is 2.28. The van der Waals surface area contributed by atoms with E-state index in [0.717, 1.165) is 12.7 Å². The summed E-state index contributed by atoms with van der Waals surface area (Å²) < 4.78 is 0. The van der Waals surface area contributed by atoms with E-state index in [1.165, 1.54) is 25.7 Å². The summed E-state index contributed by atoms with van der Waals surface area (Å²) in [6, 6.07) is -0.205. The molecule has 0 aromatic heterocycles. The minimum absolute atomic E-state index is 0.0834. The molecule has 106 valence electrons. The number of hydrogen-bond donors (Lipinski definition) is 2. The molecule has 0 spiro atoms. The van der Waals surface area contributed by atoms with E-state index >= 15 is 0 Å². The highest BCUT2D eigenvalue weighted by Crippen LogP contribution is 2.19. The van der Waals surface area contributed by atoms with Crippen molar-refractivity contribution in [2.75, 3.05) is 0 Å². The Balaban J connectivity index is 4.14. The van der Waals surface area contributed by atoms with Crippen LogP contribution in [0.4, 0.5) is 0 Å². The van der Waals surface area contributed by atoms with Gasteiger partial charge in [-0.05, 0) is 19.3 Å². The largest absolute Gasteiger partial charge is 0.370 e. The molecule has 0 saturated carbocycles. The maximum atomic E-state index is 10.8. The highest BCUT2D eigenvalue weighted by molar-refractivity contribution is 5.78. The zero-order valence-electron chi connectivity index (χ0n) is 11.9. The molecule has 2 atom stereocenters.